The Bertz CT molecular complexity index is 1020. The van der Waals surface area contributed by atoms with E-state index in [9.17, 15) is 9.90 Å². The number of fused-ring (bicyclic) bond motifs is 2. The molecule has 2 N–H and O–H groups in total. The molecule has 114 valence electrons. The van der Waals surface area contributed by atoms with E-state index in [0.29, 0.717) is 10.7 Å². The Morgan fingerprint density at radius 2 is 2.26 bits per heavy atom. The minimum Gasteiger partial charge on any atom is -0.506 e. The minimum atomic E-state index is -0.302. The van der Waals surface area contributed by atoms with E-state index in [-0.39, 0.29) is 16.7 Å². The number of hydrogen-bond acceptors (Lipinski definition) is 4. The second-order valence-corrected chi connectivity index (χ2v) is 6.67. The number of nitrogens with zero attached hydrogens (tertiary/aromatic N) is 1. The van der Waals surface area contributed by atoms with Crippen LogP contribution in [-0.2, 0) is 0 Å². The third-order valence-electron chi connectivity index (χ3n) is 3.74. The molecule has 0 saturated heterocycles. The number of carbonyl (C=O) groups is 1. The number of aromatic nitrogens is 1. The van der Waals surface area contributed by atoms with Crippen LogP contribution in [0.1, 0.15) is 16.8 Å². The van der Waals surface area contributed by atoms with E-state index < -0.39 is 0 Å². The van der Waals surface area contributed by atoms with Crippen LogP contribution in [-0.4, -0.2) is 16.0 Å². The molecule has 1 aromatic carbocycles. The van der Waals surface area contributed by atoms with Crippen molar-refractivity contribution in [1.82, 2.24) is 4.98 Å². The predicted molar refractivity (Wildman–Crippen MR) is 92.1 cm³/mol. The lowest BCUT2D eigenvalue weighted by Crippen LogP contribution is -2.20. The molecule has 0 fully saturated rings. The first-order valence-corrected chi connectivity index (χ1v) is 8.20. The molecule has 0 spiro atoms. The zero-order valence-electron chi connectivity index (χ0n) is 11.8. The quantitative estimate of drug-likeness (QED) is 0.881. The van der Waals surface area contributed by atoms with Gasteiger partial charge in [0, 0.05) is 5.56 Å². The van der Waals surface area contributed by atoms with E-state index in [2.05, 4.69) is 28.5 Å². The fourth-order valence-corrected chi connectivity index (χ4v) is 3.72. The van der Waals surface area contributed by atoms with E-state index in [4.69, 9.17) is 11.6 Å². The molecule has 0 aliphatic heterocycles. The predicted octanol–water partition coefficient (Wildman–Crippen LogP) is 2.59. The molecule has 4 rings (SSSR count). The van der Waals surface area contributed by atoms with Gasteiger partial charge in [0.1, 0.15) is 5.75 Å². The van der Waals surface area contributed by atoms with Gasteiger partial charge >= 0.3 is 0 Å². The van der Waals surface area contributed by atoms with Gasteiger partial charge in [0.05, 0.1) is 14.9 Å². The Labute approximate surface area is 140 Å². The summed E-state index contributed by atoms with van der Waals surface area (Å²) < 4.78 is 1.06. The van der Waals surface area contributed by atoms with Gasteiger partial charge in [-0.25, -0.2) is 4.98 Å². The molecule has 0 atom stereocenters. The number of phenolic OH excluding ortho intramolecular Hbond substituents is 1. The van der Waals surface area contributed by atoms with Crippen LogP contribution in [0.4, 0.5) is 5.13 Å². The number of hydrogen-bond donors (Lipinski definition) is 2. The van der Waals surface area contributed by atoms with Crippen LogP contribution in [0.3, 0.4) is 0 Å². The standard InChI is InChI=1S/C17H11ClN2O2S/c18-12-7-10(5-6-13(12)21)16(22)20-17-19-15-11-4-2-1-3-9(11)8-14(15)23-17/h1-3,5-8,21H,4H2,(H,19,20,22). The number of anilines is 1. The van der Waals surface area contributed by atoms with E-state index in [1.165, 1.54) is 40.7 Å². The maximum absolute atomic E-state index is 12.3. The third-order valence-corrected chi connectivity index (χ3v) is 4.96. The molecule has 1 heterocycles. The van der Waals surface area contributed by atoms with Gasteiger partial charge in [0.25, 0.3) is 5.91 Å². The molecular formula is C17H11ClN2O2S. The van der Waals surface area contributed by atoms with Crippen LogP contribution in [0.25, 0.3) is 11.6 Å². The van der Waals surface area contributed by atoms with Gasteiger partial charge in [-0.3, -0.25) is 10.1 Å². The number of phenols is 1. The maximum atomic E-state index is 12.3. The van der Waals surface area contributed by atoms with Crippen molar-refractivity contribution in [2.24, 2.45) is 0 Å². The molecule has 2 aliphatic rings. The summed E-state index contributed by atoms with van der Waals surface area (Å²) >= 11 is 7.28. The van der Waals surface area contributed by atoms with Gasteiger partial charge in [-0.15, -0.1) is 0 Å². The summed E-state index contributed by atoms with van der Waals surface area (Å²) in [5.41, 5.74) is 2.78. The molecule has 0 bridgehead atoms. The summed E-state index contributed by atoms with van der Waals surface area (Å²) in [5.74, 6) is -0.351. The van der Waals surface area contributed by atoms with Crippen molar-refractivity contribution in [3.8, 4) is 5.75 Å². The Hall–Kier alpha value is -2.37. The highest BCUT2D eigenvalue weighted by molar-refractivity contribution is 7.13. The lowest BCUT2D eigenvalue weighted by Gasteiger charge is -2.05. The Balaban J connectivity index is 1.64. The third kappa shape index (κ3) is 2.48. The van der Waals surface area contributed by atoms with Crippen LogP contribution in [0, 0.1) is 0 Å². The van der Waals surface area contributed by atoms with Gasteiger partial charge in [-0.05, 0) is 41.8 Å². The van der Waals surface area contributed by atoms with Crippen molar-refractivity contribution in [2.45, 2.75) is 6.42 Å². The number of allylic oxidation sites excluding steroid dienone is 4. The van der Waals surface area contributed by atoms with Crippen LogP contribution >= 0.6 is 22.9 Å². The van der Waals surface area contributed by atoms with Crippen molar-refractivity contribution in [2.75, 3.05) is 5.32 Å². The molecule has 2 aromatic rings. The first-order chi connectivity index (χ1) is 11.1. The number of nitrogens with one attached hydrogen (secondary N) is 1. The molecule has 0 saturated carbocycles. The maximum Gasteiger partial charge on any atom is 0.257 e. The first-order valence-electron chi connectivity index (χ1n) is 7.00. The zero-order chi connectivity index (χ0) is 16.0. The number of halogens is 1. The second kappa shape index (κ2) is 5.37. The van der Waals surface area contributed by atoms with Gasteiger partial charge < -0.3 is 5.11 Å². The van der Waals surface area contributed by atoms with E-state index in [1.807, 2.05) is 6.08 Å². The largest absolute Gasteiger partial charge is 0.506 e. The van der Waals surface area contributed by atoms with E-state index >= 15 is 0 Å². The lowest BCUT2D eigenvalue weighted by atomic mass is 10.0. The normalized spacial score (nSPS) is 14.8. The smallest absolute Gasteiger partial charge is 0.257 e. The summed E-state index contributed by atoms with van der Waals surface area (Å²) in [6, 6.07) is 4.35. The number of thiazole rings is 1. The van der Waals surface area contributed by atoms with Crippen molar-refractivity contribution >= 4 is 45.6 Å². The highest BCUT2D eigenvalue weighted by Crippen LogP contribution is 2.25. The number of carbonyl (C=O) groups excluding carboxylic acids is 1. The lowest BCUT2D eigenvalue weighted by molar-refractivity contribution is 0.102. The topological polar surface area (TPSA) is 62.2 Å². The zero-order valence-corrected chi connectivity index (χ0v) is 13.4. The molecule has 0 radical (unpaired) electrons. The summed E-state index contributed by atoms with van der Waals surface area (Å²) in [6.45, 7) is 0. The van der Waals surface area contributed by atoms with Crippen LogP contribution < -0.4 is 15.2 Å². The average Bonchev–Trinajstić information content (AvgIpc) is 3.07. The second-order valence-electron chi connectivity index (χ2n) is 5.23. The molecule has 0 unspecified atom stereocenters. The Morgan fingerprint density at radius 3 is 3.09 bits per heavy atom. The number of aromatic hydroxyl groups is 1. The summed E-state index contributed by atoms with van der Waals surface area (Å²) in [5, 5.41) is 13.9. The van der Waals surface area contributed by atoms with Gasteiger partial charge in [0.15, 0.2) is 5.13 Å². The monoisotopic (exact) mass is 342 g/mol. The summed E-state index contributed by atoms with van der Waals surface area (Å²) in [4.78, 5) is 16.8. The fourth-order valence-electron chi connectivity index (χ4n) is 2.60. The van der Waals surface area contributed by atoms with Gasteiger partial charge in [-0.2, -0.15) is 0 Å². The minimum absolute atomic E-state index is 0.0490. The molecule has 1 amide bonds. The Kier molecular flexibility index (Phi) is 3.32. The molecular weight excluding hydrogens is 332 g/mol. The van der Waals surface area contributed by atoms with E-state index in [0.717, 1.165) is 16.3 Å². The Morgan fingerprint density at radius 1 is 1.39 bits per heavy atom. The van der Waals surface area contributed by atoms with Gasteiger partial charge in [-0.1, -0.05) is 41.2 Å². The molecule has 4 nitrogen and oxygen atoms in total. The highest BCUT2D eigenvalue weighted by Gasteiger charge is 2.17. The summed E-state index contributed by atoms with van der Waals surface area (Å²) in [6.07, 6.45) is 9.17. The number of amides is 1. The van der Waals surface area contributed by atoms with Crippen LogP contribution in [0.2, 0.25) is 5.02 Å². The van der Waals surface area contributed by atoms with Crippen LogP contribution in [0.5, 0.6) is 5.75 Å². The highest BCUT2D eigenvalue weighted by atomic mass is 35.5. The van der Waals surface area contributed by atoms with E-state index in [1.54, 1.807) is 0 Å². The number of rotatable bonds is 2. The molecule has 6 heteroatoms. The molecule has 2 aliphatic carbocycles. The van der Waals surface area contributed by atoms with Crippen LogP contribution in [0.15, 0.2) is 42.0 Å². The SMILES string of the molecule is O=C(Nc1nc2c(s1)=CC1=CC=CCC=21)c1ccc(O)c(Cl)c1. The van der Waals surface area contributed by atoms with Gasteiger partial charge in [0.2, 0.25) is 0 Å². The van der Waals surface area contributed by atoms with Crippen molar-refractivity contribution in [3.63, 3.8) is 0 Å². The summed E-state index contributed by atoms with van der Waals surface area (Å²) in [7, 11) is 0. The van der Waals surface area contributed by atoms with Crippen molar-refractivity contribution < 1.29 is 9.90 Å². The first kappa shape index (κ1) is 14.2. The average molecular weight is 343 g/mol. The molecule has 23 heavy (non-hydrogen) atoms. The van der Waals surface area contributed by atoms with Crippen molar-refractivity contribution in [1.29, 1.82) is 0 Å². The number of benzene rings is 1. The molecule has 1 aromatic heterocycles. The fraction of sp³-hybridized carbons (Fsp3) is 0.0588. The van der Waals surface area contributed by atoms with Crippen molar-refractivity contribution in [3.05, 3.63) is 62.5 Å².